The number of imidazole rings is 1. The predicted molar refractivity (Wildman–Crippen MR) is 58.8 cm³/mol. The molecule has 0 unspecified atom stereocenters. The summed E-state index contributed by atoms with van der Waals surface area (Å²) in [6.07, 6.45) is 0. The fourth-order valence-corrected chi connectivity index (χ4v) is 1.59. The number of aromatic nitrogens is 2. The second-order valence-electron chi connectivity index (χ2n) is 3.23. The van der Waals surface area contributed by atoms with Gasteiger partial charge in [-0.1, -0.05) is 0 Å². The maximum Gasteiger partial charge on any atom is 0.216 e. The van der Waals surface area contributed by atoms with Gasteiger partial charge in [-0.25, -0.2) is 4.98 Å². The molecule has 0 amide bonds. The molecule has 3 nitrogen and oxygen atoms in total. The van der Waals surface area contributed by atoms with Crippen molar-refractivity contribution in [3.05, 3.63) is 29.6 Å². The van der Waals surface area contributed by atoms with Crippen LogP contribution in [-0.4, -0.2) is 14.7 Å². The Morgan fingerprint density at radius 3 is 2.86 bits per heavy atom. The van der Waals surface area contributed by atoms with E-state index in [1.807, 2.05) is 24.6 Å². The maximum absolute atomic E-state index is 11.0. The number of rotatable bonds is 1. The number of fused-ring (bicyclic) bond motifs is 1. The van der Waals surface area contributed by atoms with Crippen LogP contribution < -0.4 is 0 Å². The highest BCUT2D eigenvalue weighted by Gasteiger charge is 2.06. The Balaban J connectivity index is 2.73. The van der Waals surface area contributed by atoms with Gasteiger partial charge in [0.05, 0.1) is 11.0 Å². The van der Waals surface area contributed by atoms with Gasteiger partial charge in [0.2, 0.25) is 5.12 Å². The Bertz CT molecular complexity index is 516. The lowest BCUT2D eigenvalue weighted by Gasteiger charge is -1.97. The number of hydrogen-bond donors (Lipinski definition) is 1. The fourth-order valence-electron chi connectivity index (χ4n) is 1.45. The molecule has 1 heterocycles. The standard InChI is InChI=1S/C10H10N2OS/c1-6-11-8-5-7(10(13)14)3-4-9(8)12(6)2/h3-5H,1-2H3,(H,13,14). The molecule has 0 fully saturated rings. The fraction of sp³-hybridized carbons (Fsp3) is 0.200. The van der Waals surface area contributed by atoms with Crippen LogP contribution in [0.2, 0.25) is 0 Å². The highest BCUT2D eigenvalue weighted by atomic mass is 32.1. The van der Waals surface area contributed by atoms with Gasteiger partial charge in [-0.3, -0.25) is 4.79 Å². The van der Waals surface area contributed by atoms with Crippen molar-refractivity contribution in [2.45, 2.75) is 6.92 Å². The van der Waals surface area contributed by atoms with Crippen molar-refractivity contribution in [3.63, 3.8) is 0 Å². The van der Waals surface area contributed by atoms with E-state index in [4.69, 9.17) is 0 Å². The van der Waals surface area contributed by atoms with Gasteiger partial charge < -0.3 is 4.57 Å². The lowest BCUT2D eigenvalue weighted by molar-refractivity contribution is 0.109. The number of benzene rings is 1. The Labute approximate surface area is 87.2 Å². The lowest BCUT2D eigenvalue weighted by Crippen LogP contribution is -1.91. The molecule has 2 rings (SSSR count). The summed E-state index contributed by atoms with van der Waals surface area (Å²) in [5.74, 6) is 0.934. The van der Waals surface area contributed by atoms with E-state index in [1.165, 1.54) is 0 Å². The molecule has 0 atom stereocenters. The van der Waals surface area contributed by atoms with E-state index in [0.29, 0.717) is 5.56 Å². The molecule has 0 spiro atoms. The van der Waals surface area contributed by atoms with Crippen LogP contribution in [0.3, 0.4) is 0 Å². The molecule has 0 aliphatic carbocycles. The largest absolute Gasteiger partial charge is 0.331 e. The predicted octanol–water partition coefficient (Wildman–Crippen LogP) is 1.95. The van der Waals surface area contributed by atoms with E-state index >= 15 is 0 Å². The van der Waals surface area contributed by atoms with E-state index in [1.54, 1.807) is 12.1 Å². The summed E-state index contributed by atoms with van der Waals surface area (Å²) >= 11 is 3.77. The average molecular weight is 206 g/mol. The van der Waals surface area contributed by atoms with Gasteiger partial charge in [0.15, 0.2) is 0 Å². The number of aryl methyl sites for hydroxylation is 2. The molecule has 0 bridgehead atoms. The summed E-state index contributed by atoms with van der Waals surface area (Å²) in [5.41, 5.74) is 2.45. The second kappa shape index (κ2) is 3.13. The normalized spacial score (nSPS) is 10.8. The zero-order valence-electron chi connectivity index (χ0n) is 7.98. The van der Waals surface area contributed by atoms with Crippen LogP contribution >= 0.6 is 12.6 Å². The Morgan fingerprint density at radius 1 is 1.50 bits per heavy atom. The quantitative estimate of drug-likeness (QED) is 0.724. The van der Waals surface area contributed by atoms with Crippen molar-refractivity contribution < 1.29 is 4.79 Å². The SMILES string of the molecule is Cc1nc2cc(C(=O)S)ccc2n1C. The molecule has 4 heteroatoms. The van der Waals surface area contributed by atoms with Crippen LogP contribution in [0.4, 0.5) is 0 Å². The van der Waals surface area contributed by atoms with Crippen LogP contribution in [0.25, 0.3) is 11.0 Å². The molecule has 0 N–H and O–H groups in total. The third kappa shape index (κ3) is 1.32. The van der Waals surface area contributed by atoms with Crippen molar-refractivity contribution in [3.8, 4) is 0 Å². The summed E-state index contributed by atoms with van der Waals surface area (Å²) in [7, 11) is 1.95. The number of carbonyl (C=O) groups is 1. The van der Waals surface area contributed by atoms with Crippen molar-refractivity contribution in [2.24, 2.45) is 7.05 Å². The molecule has 72 valence electrons. The third-order valence-electron chi connectivity index (χ3n) is 2.35. The Morgan fingerprint density at radius 2 is 2.21 bits per heavy atom. The first-order valence-electron chi connectivity index (χ1n) is 4.26. The minimum Gasteiger partial charge on any atom is -0.331 e. The van der Waals surface area contributed by atoms with E-state index in [0.717, 1.165) is 16.9 Å². The van der Waals surface area contributed by atoms with Crippen molar-refractivity contribution >= 4 is 28.8 Å². The van der Waals surface area contributed by atoms with Gasteiger partial charge in [-0.15, -0.1) is 12.6 Å². The Kier molecular flexibility index (Phi) is 2.07. The number of nitrogens with zero attached hydrogens (tertiary/aromatic N) is 2. The van der Waals surface area contributed by atoms with Gasteiger partial charge in [0.1, 0.15) is 5.82 Å². The van der Waals surface area contributed by atoms with E-state index in [2.05, 4.69) is 17.6 Å². The molecular formula is C10H10N2OS. The Hall–Kier alpha value is -1.29. The third-order valence-corrected chi connectivity index (χ3v) is 2.61. The first kappa shape index (κ1) is 9.27. The lowest BCUT2D eigenvalue weighted by atomic mass is 10.2. The topological polar surface area (TPSA) is 34.9 Å². The van der Waals surface area contributed by atoms with Crippen molar-refractivity contribution in [2.75, 3.05) is 0 Å². The maximum atomic E-state index is 11.0. The van der Waals surface area contributed by atoms with Crippen LogP contribution in [-0.2, 0) is 7.05 Å². The summed E-state index contributed by atoms with van der Waals surface area (Å²) in [4.78, 5) is 15.3. The smallest absolute Gasteiger partial charge is 0.216 e. The summed E-state index contributed by atoms with van der Waals surface area (Å²) in [5, 5.41) is -0.227. The van der Waals surface area contributed by atoms with Gasteiger partial charge in [0, 0.05) is 12.6 Å². The van der Waals surface area contributed by atoms with E-state index in [-0.39, 0.29) is 5.12 Å². The van der Waals surface area contributed by atoms with Crippen LogP contribution in [0, 0.1) is 6.92 Å². The molecular weight excluding hydrogens is 196 g/mol. The van der Waals surface area contributed by atoms with Crippen LogP contribution in [0.15, 0.2) is 18.2 Å². The minimum absolute atomic E-state index is 0.227. The monoisotopic (exact) mass is 206 g/mol. The van der Waals surface area contributed by atoms with Gasteiger partial charge in [-0.05, 0) is 25.1 Å². The van der Waals surface area contributed by atoms with Crippen molar-refractivity contribution in [1.29, 1.82) is 0 Å². The molecule has 14 heavy (non-hydrogen) atoms. The summed E-state index contributed by atoms with van der Waals surface area (Å²) in [6, 6.07) is 5.41. The highest BCUT2D eigenvalue weighted by molar-refractivity contribution is 7.97. The molecule has 0 saturated carbocycles. The van der Waals surface area contributed by atoms with Gasteiger partial charge in [-0.2, -0.15) is 0 Å². The van der Waals surface area contributed by atoms with E-state index in [9.17, 15) is 4.79 Å². The van der Waals surface area contributed by atoms with Crippen LogP contribution in [0.1, 0.15) is 16.2 Å². The molecule has 0 aliphatic rings. The first-order chi connectivity index (χ1) is 6.59. The number of hydrogen-bond acceptors (Lipinski definition) is 2. The van der Waals surface area contributed by atoms with Crippen LogP contribution in [0.5, 0.6) is 0 Å². The van der Waals surface area contributed by atoms with Gasteiger partial charge in [0.25, 0.3) is 0 Å². The number of thiol groups is 1. The zero-order chi connectivity index (χ0) is 10.3. The number of carbonyl (C=O) groups excluding carboxylic acids is 1. The zero-order valence-corrected chi connectivity index (χ0v) is 8.88. The first-order valence-corrected chi connectivity index (χ1v) is 4.70. The minimum atomic E-state index is -0.227. The second-order valence-corrected chi connectivity index (χ2v) is 3.63. The average Bonchev–Trinajstić information content (AvgIpc) is 2.42. The molecule has 0 radical (unpaired) electrons. The summed E-state index contributed by atoms with van der Waals surface area (Å²) < 4.78 is 1.99. The van der Waals surface area contributed by atoms with Crippen molar-refractivity contribution in [1.82, 2.24) is 9.55 Å². The summed E-state index contributed by atoms with van der Waals surface area (Å²) in [6.45, 7) is 1.93. The molecule has 1 aromatic heterocycles. The van der Waals surface area contributed by atoms with E-state index < -0.39 is 0 Å². The molecule has 2 aromatic rings. The molecule has 0 aliphatic heterocycles. The highest BCUT2D eigenvalue weighted by Crippen LogP contribution is 2.17. The molecule has 1 aromatic carbocycles. The molecule has 0 saturated heterocycles. The van der Waals surface area contributed by atoms with Gasteiger partial charge >= 0.3 is 0 Å².